The molecule has 104 valence electrons. The molecule has 0 aliphatic carbocycles. The SMILES string of the molecule is CC(C)(C)NS(=O)(=O)Cc1cccc(NO)c1.O. The van der Waals surface area contributed by atoms with E-state index in [1.54, 1.807) is 45.0 Å². The van der Waals surface area contributed by atoms with Crippen molar-refractivity contribution >= 4 is 15.7 Å². The third-order valence-corrected chi connectivity index (χ3v) is 3.51. The van der Waals surface area contributed by atoms with Gasteiger partial charge in [-0.2, -0.15) is 0 Å². The Morgan fingerprint density at radius 1 is 1.28 bits per heavy atom. The summed E-state index contributed by atoms with van der Waals surface area (Å²) in [6, 6.07) is 6.61. The van der Waals surface area contributed by atoms with Gasteiger partial charge >= 0.3 is 0 Å². The van der Waals surface area contributed by atoms with Crippen molar-refractivity contribution in [3.63, 3.8) is 0 Å². The van der Waals surface area contributed by atoms with Gasteiger partial charge in [0.1, 0.15) is 0 Å². The molecule has 0 fully saturated rings. The van der Waals surface area contributed by atoms with Crippen molar-refractivity contribution in [2.75, 3.05) is 5.48 Å². The molecular weight excluding hydrogens is 256 g/mol. The van der Waals surface area contributed by atoms with Crippen LogP contribution in [0.25, 0.3) is 0 Å². The minimum Gasteiger partial charge on any atom is -0.412 e. The Hall–Kier alpha value is -1.15. The summed E-state index contributed by atoms with van der Waals surface area (Å²) in [5.74, 6) is -0.111. The molecule has 0 aliphatic rings. The van der Waals surface area contributed by atoms with Gasteiger partial charge in [-0.25, -0.2) is 13.1 Å². The van der Waals surface area contributed by atoms with E-state index in [0.717, 1.165) is 0 Å². The van der Waals surface area contributed by atoms with Gasteiger partial charge in [0.25, 0.3) is 0 Å². The highest BCUT2D eigenvalue weighted by molar-refractivity contribution is 7.88. The van der Waals surface area contributed by atoms with Gasteiger partial charge in [-0.3, -0.25) is 10.7 Å². The van der Waals surface area contributed by atoms with Crippen LogP contribution in [0.15, 0.2) is 24.3 Å². The Morgan fingerprint density at radius 2 is 1.89 bits per heavy atom. The summed E-state index contributed by atoms with van der Waals surface area (Å²) in [4.78, 5) is 0. The molecule has 18 heavy (non-hydrogen) atoms. The van der Waals surface area contributed by atoms with Crippen LogP contribution >= 0.6 is 0 Å². The predicted molar refractivity (Wildman–Crippen MR) is 71.0 cm³/mol. The third kappa shape index (κ3) is 5.97. The molecule has 0 atom stereocenters. The Bertz CT molecular complexity index is 480. The van der Waals surface area contributed by atoms with Gasteiger partial charge in [-0.05, 0) is 38.5 Å². The number of anilines is 1. The van der Waals surface area contributed by atoms with Crippen LogP contribution in [0.2, 0.25) is 0 Å². The fourth-order valence-electron chi connectivity index (χ4n) is 1.45. The molecule has 0 amide bonds. The number of rotatable bonds is 4. The number of sulfonamides is 1. The zero-order valence-electron chi connectivity index (χ0n) is 10.7. The fraction of sp³-hybridized carbons (Fsp3) is 0.455. The second-order valence-electron chi connectivity index (χ2n) is 4.92. The molecule has 1 rings (SSSR count). The molecule has 7 heteroatoms. The van der Waals surface area contributed by atoms with Crippen molar-refractivity contribution in [3.8, 4) is 0 Å². The Balaban J connectivity index is 0.00000289. The highest BCUT2D eigenvalue weighted by atomic mass is 32.2. The molecule has 0 radical (unpaired) electrons. The van der Waals surface area contributed by atoms with Gasteiger partial charge in [0.15, 0.2) is 0 Å². The molecule has 1 aromatic carbocycles. The van der Waals surface area contributed by atoms with Gasteiger partial charge in [-0.15, -0.1) is 0 Å². The first kappa shape index (κ1) is 16.9. The van der Waals surface area contributed by atoms with Crippen LogP contribution in [0.3, 0.4) is 0 Å². The van der Waals surface area contributed by atoms with E-state index in [1.165, 1.54) is 0 Å². The molecule has 0 spiro atoms. The number of hydrogen-bond acceptors (Lipinski definition) is 4. The standard InChI is InChI=1S/C11H18N2O3S.H2O/c1-11(2,3)13-17(15,16)8-9-5-4-6-10(7-9)12-14;/h4-7,12-14H,8H2,1-3H3;1H2. The first-order valence-corrected chi connectivity index (χ1v) is 6.88. The van der Waals surface area contributed by atoms with Crippen LogP contribution in [0.5, 0.6) is 0 Å². The van der Waals surface area contributed by atoms with Crippen molar-refractivity contribution in [2.24, 2.45) is 0 Å². The van der Waals surface area contributed by atoms with Crippen LogP contribution in [0.1, 0.15) is 26.3 Å². The minimum atomic E-state index is -3.38. The second-order valence-corrected chi connectivity index (χ2v) is 6.65. The zero-order chi connectivity index (χ0) is 13.1. The van der Waals surface area contributed by atoms with Crippen molar-refractivity contribution in [2.45, 2.75) is 32.1 Å². The molecule has 0 aromatic heterocycles. The van der Waals surface area contributed by atoms with Crippen molar-refractivity contribution in [1.29, 1.82) is 0 Å². The van der Waals surface area contributed by atoms with Crippen LogP contribution in [0.4, 0.5) is 5.69 Å². The highest BCUT2D eigenvalue weighted by Crippen LogP contribution is 2.13. The van der Waals surface area contributed by atoms with Crippen molar-refractivity contribution < 1.29 is 19.1 Å². The number of nitrogens with one attached hydrogen (secondary N) is 2. The summed E-state index contributed by atoms with van der Waals surface area (Å²) < 4.78 is 26.2. The van der Waals surface area contributed by atoms with Crippen molar-refractivity contribution in [1.82, 2.24) is 4.72 Å². The van der Waals surface area contributed by atoms with Crippen LogP contribution in [-0.2, 0) is 15.8 Å². The van der Waals surface area contributed by atoms with Crippen LogP contribution in [-0.4, -0.2) is 24.6 Å². The average molecular weight is 276 g/mol. The topological polar surface area (TPSA) is 110 Å². The first-order chi connectivity index (χ1) is 7.72. The summed E-state index contributed by atoms with van der Waals surface area (Å²) in [6.45, 7) is 5.36. The largest absolute Gasteiger partial charge is 0.412 e. The Kier molecular flexibility index (Phi) is 5.75. The minimum absolute atomic E-state index is 0. The molecule has 0 bridgehead atoms. The van der Waals surface area contributed by atoms with E-state index in [0.29, 0.717) is 11.3 Å². The number of hydrogen-bond donors (Lipinski definition) is 3. The summed E-state index contributed by atoms with van der Waals surface area (Å²) >= 11 is 0. The van der Waals surface area contributed by atoms with E-state index in [1.807, 2.05) is 5.48 Å². The van der Waals surface area contributed by atoms with Gasteiger partial charge in [-0.1, -0.05) is 12.1 Å². The van der Waals surface area contributed by atoms with E-state index in [9.17, 15) is 8.42 Å². The van der Waals surface area contributed by atoms with Crippen LogP contribution in [0, 0.1) is 0 Å². The van der Waals surface area contributed by atoms with Gasteiger partial charge in [0, 0.05) is 5.54 Å². The third-order valence-electron chi connectivity index (χ3n) is 1.87. The molecule has 0 saturated heterocycles. The lowest BCUT2D eigenvalue weighted by atomic mass is 10.1. The maximum absolute atomic E-state index is 11.8. The molecule has 6 nitrogen and oxygen atoms in total. The molecule has 0 aliphatic heterocycles. The summed E-state index contributed by atoms with van der Waals surface area (Å²) in [6.07, 6.45) is 0. The molecule has 0 unspecified atom stereocenters. The lowest BCUT2D eigenvalue weighted by Crippen LogP contribution is -2.41. The van der Waals surface area contributed by atoms with E-state index in [2.05, 4.69) is 4.72 Å². The lowest BCUT2D eigenvalue weighted by Gasteiger charge is -2.20. The quantitative estimate of drug-likeness (QED) is 0.709. The predicted octanol–water partition coefficient (Wildman–Crippen LogP) is 0.881. The smallest absolute Gasteiger partial charge is 0.216 e. The molecule has 1 aromatic rings. The van der Waals surface area contributed by atoms with Crippen LogP contribution < -0.4 is 10.2 Å². The lowest BCUT2D eigenvalue weighted by molar-refractivity contribution is 0.389. The fourth-order valence-corrected chi connectivity index (χ4v) is 3.08. The van der Waals surface area contributed by atoms with E-state index < -0.39 is 15.6 Å². The summed E-state index contributed by atoms with van der Waals surface area (Å²) in [7, 11) is -3.38. The normalized spacial score (nSPS) is 11.8. The maximum Gasteiger partial charge on any atom is 0.216 e. The second kappa shape index (κ2) is 6.14. The molecular formula is C11H20N2O4S. The van der Waals surface area contributed by atoms with Gasteiger partial charge in [0.2, 0.25) is 10.0 Å². The summed E-state index contributed by atoms with van der Waals surface area (Å²) in [5.41, 5.74) is 2.57. The Labute approximate surface area is 107 Å². The molecule has 0 heterocycles. The van der Waals surface area contributed by atoms with E-state index >= 15 is 0 Å². The molecule has 0 saturated carbocycles. The zero-order valence-corrected chi connectivity index (χ0v) is 11.5. The Morgan fingerprint density at radius 3 is 2.39 bits per heavy atom. The van der Waals surface area contributed by atoms with E-state index in [4.69, 9.17) is 5.21 Å². The number of benzene rings is 1. The van der Waals surface area contributed by atoms with Crippen molar-refractivity contribution in [3.05, 3.63) is 29.8 Å². The van der Waals surface area contributed by atoms with Gasteiger partial charge in [0.05, 0.1) is 11.4 Å². The monoisotopic (exact) mass is 276 g/mol. The first-order valence-electron chi connectivity index (χ1n) is 5.22. The highest BCUT2D eigenvalue weighted by Gasteiger charge is 2.20. The summed E-state index contributed by atoms with van der Waals surface area (Å²) in [5, 5.41) is 8.73. The maximum atomic E-state index is 11.8. The van der Waals surface area contributed by atoms with Gasteiger partial charge < -0.3 is 5.48 Å². The van der Waals surface area contributed by atoms with E-state index in [-0.39, 0.29) is 11.2 Å². The molecule has 5 N–H and O–H groups in total. The average Bonchev–Trinajstić information content (AvgIpc) is 2.13.